The second-order valence-corrected chi connectivity index (χ2v) is 6.68. The van der Waals surface area contributed by atoms with Gasteiger partial charge < -0.3 is 10.0 Å². The monoisotopic (exact) mass is 298 g/mol. The van der Waals surface area contributed by atoms with Crippen LogP contribution in [-0.2, 0) is 10.0 Å². The maximum Gasteiger partial charge on any atom is 0.254 e. The summed E-state index contributed by atoms with van der Waals surface area (Å²) >= 11 is 0. The van der Waals surface area contributed by atoms with Gasteiger partial charge in [-0.2, -0.15) is 0 Å². The van der Waals surface area contributed by atoms with E-state index in [1.54, 1.807) is 29.2 Å². The minimum absolute atomic E-state index is 0.0283. The zero-order valence-electron chi connectivity index (χ0n) is 11.2. The third kappa shape index (κ3) is 3.49. The van der Waals surface area contributed by atoms with Crippen molar-refractivity contribution in [3.63, 3.8) is 0 Å². The summed E-state index contributed by atoms with van der Waals surface area (Å²) in [5.74, 6) is -0.132. The molecule has 0 aliphatic carbocycles. The minimum Gasteiger partial charge on any atom is -0.394 e. The molecule has 1 saturated heterocycles. The number of likely N-dealkylation sites (tertiary alicyclic amines) is 1. The van der Waals surface area contributed by atoms with Crippen molar-refractivity contribution in [1.82, 2.24) is 4.90 Å². The highest BCUT2D eigenvalue weighted by Gasteiger charge is 2.28. The molecule has 1 amide bonds. The van der Waals surface area contributed by atoms with Gasteiger partial charge in [0.15, 0.2) is 0 Å². The zero-order chi connectivity index (χ0) is 14.8. The fourth-order valence-electron chi connectivity index (χ4n) is 2.35. The number of aliphatic hydroxyl groups is 1. The maximum absolute atomic E-state index is 12.3. The van der Waals surface area contributed by atoms with E-state index in [-0.39, 0.29) is 18.6 Å². The van der Waals surface area contributed by atoms with Crippen LogP contribution >= 0.6 is 0 Å². The molecular formula is C13H18N2O4S. The molecule has 0 bridgehead atoms. The Kier molecular flexibility index (Phi) is 4.29. The van der Waals surface area contributed by atoms with E-state index < -0.39 is 10.0 Å². The topological polar surface area (TPSA) is 86.7 Å². The van der Waals surface area contributed by atoms with Gasteiger partial charge in [-0.05, 0) is 37.1 Å². The molecule has 2 N–H and O–H groups in total. The van der Waals surface area contributed by atoms with E-state index >= 15 is 0 Å². The van der Waals surface area contributed by atoms with Crippen LogP contribution < -0.4 is 4.72 Å². The molecule has 1 aromatic carbocycles. The fourth-order valence-corrected chi connectivity index (χ4v) is 2.92. The van der Waals surface area contributed by atoms with Crippen molar-refractivity contribution in [3.8, 4) is 0 Å². The molecule has 20 heavy (non-hydrogen) atoms. The number of carbonyl (C=O) groups excluding carboxylic acids is 1. The van der Waals surface area contributed by atoms with Gasteiger partial charge in [0.25, 0.3) is 5.91 Å². The number of rotatable bonds is 4. The summed E-state index contributed by atoms with van der Waals surface area (Å²) in [4.78, 5) is 14.0. The number of anilines is 1. The Morgan fingerprint density at radius 3 is 2.60 bits per heavy atom. The first-order valence-corrected chi connectivity index (χ1v) is 8.29. The maximum atomic E-state index is 12.3. The van der Waals surface area contributed by atoms with Crippen molar-refractivity contribution in [1.29, 1.82) is 0 Å². The molecule has 0 spiro atoms. The van der Waals surface area contributed by atoms with Gasteiger partial charge in [-0.15, -0.1) is 0 Å². The Morgan fingerprint density at radius 2 is 2.05 bits per heavy atom. The lowest BCUT2D eigenvalue weighted by Crippen LogP contribution is -2.37. The molecular weight excluding hydrogens is 280 g/mol. The first-order chi connectivity index (χ1) is 9.40. The molecule has 1 atom stereocenters. The average Bonchev–Trinajstić information content (AvgIpc) is 2.85. The highest BCUT2D eigenvalue weighted by molar-refractivity contribution is 7.92. The summed E-state index contributed by atoms with van der Waals surface area (Å²) in [5, 5.41) is 9.23. The Morgan fingerprint density at radius 1 is 1.40 bits per heavy atom. The Balaban J connectivity index is 2.11. The molecule has 1 fully saturated rings. The summed E-state index contributed by atoms with van der Waals surface area (Å²) in [6, 6.07) is 6.17. The second kappa shape index (κ2) is 5.80. The molecule has 6 nitrogen and oxygen atoms in total. The normalized spacial score (nSPS) is 19.1. The van der Waals surface area contributed by atoms with Crippen LogP contribution in [0.5, 0.6) is 0 Å². The van der Waals surface area contributed by atoms with E-state index in [1.807, 2.05) is 0 Å². The molecule has 1 aliphatic heterocycles. The van der Waals surface area contributed by atoms with E-state index in [4.69, 9.17) is 0 Å². The number of benzene rings is 1. The fraction of sp³-hybridized carbons (Fsp3) is 0.462. The highest BCUT2D eigenvalue weighted by atomic mass is 32.2. The van der Waals surface area contributed by atoms with Gasteiger partial charge in [0.05, 0.1) is 18.9 Å². The van der Waals surface area contributed by atoms with Crippen LogP contribution in [-0.4, -0.2) is 49.8 Å². The van der Waals surface area contributed by atoms with Crippen molar-refractivity contribution < 1.29 is 18.3 Å². The van der Waals surface area contributed by atoms with Gasteiger partial charge in [0, 0.05) is 17.8 Å². The number of aliphatic hydroxyl groups excluding tert-OH is 1. The van der Waals surface area contributed by atoms with E-state index in [9.17, 15) is 18.3 Å². The number of carbonyl (C=O) groups is 1. The van der Waals surface area contributed by atoms with Gasteiger partial charge in [-0.25, -0.2) is 8.42 Å². The summed E-state index contributed by atoms with van der Waals surface area (Å²) < 4.78 is 24.5. The van der Waals surface area contributed by atoms with E-state index in [2.05, 4.69) is 4.72 Å². The van der Waals surface area contributed by atoms with Gasteiger partial charge in [-0.1, -0.05) is 0 Å². The Labute approximate surface area is 118 Å². The summed E-state index contributed by atoms with van der Waals surface area (Å²) in [5.41, 5.74) is 0.911. The quantitative estimate of drug-likeness (QED) is 0.854. The predicted octanol–water partition coefficient (Wildman–Crippen LogP) is 0.655. The highest BCUT2D eigenvalue weighted by Crippen LogP contribution is 2.20. The van der Waals surface area contributed by atoms with Crippen molar-refractivity contribution in [3.05, 3.63) is 29.8 Å². The molecule has 0 unspecified atom stereocenters. The Hall–Kier alpha value is -1.60. The first kappa shape index (κ1) is 14.8. The van der Waals surface area contributed by atoms with Crippen molar-refractivity contribution in [2.45, 2.75) is 18.9 Å². The summed E-state index contributed by atoms with van der Waals surface area (Å²) in [7, 11) is -3.32. The van der Waals surface area contributed by atoms with Gasteiger partial charge in [0.1, 0.15) is 0 Å². The molecule has 1 aromatic rings. The number of nitrogens with one attached hydrogen (secondary N) is 1. The van der Waals surface area contributed by atoms with E-state index in [1.165, 1.54) is 0 Å². The van der Waals surface area contributed by atoms with Crippen LogP contribution in [0.3, 0.4) is 0 Å². The van der Waals surface area contributed by atoms with Crippen LogP contribution in [0.2, 0.25) is 0 Å². The lowest BCUT2D eigenvalue weighted by molar-refractivity contribution is 0.0677. The third-order valence-electron chi connectivity index (χ3n) is 3.28. The smallest absolute Gasteiger partial charge is 0.254 e. The second-order valence-electron chi connectivity index (χ2n) is 4.93. The van der Waals surface area contributed by atoms with Crippen LogP contribution in [0.15, 0.2) is 24.3 Å². The molecule has 0 radical (unpaired) electrons. The predicted molar refractivity (Wildman–Crippen MR) is 76.1 cm³/mol. The number of amides is 1. The van der Waals surface area contributed by atoms with Gasteiger partial charge in [0.2, 0.25) is 10.0 Å². The molecule has 7 heteroatoms. The van der Waals surface area contributed by atoms with Crippen molar-refractivity contribution in [2.24, 2.45) is 0 Å². The van der Waals surface area contributed by atoms with Gasteiger partial charge in [-0.3, -0.25) is 9.52 Å². The van der Waals surface area contributed by atoms with Gasteiger partial charge >= 0.3 is 0 Å². The number of nitrogens with zero attached hydrogens (tertiary/aromatic N) is 1. The lowest BCUT2D eigenvalue weighted by Gasteiger charge is -2.23. The largest absolute Gasteiger partial charge is 0.394 e. The lowest BCUT2D eigenvalue weighted by atomic mass is 10.1. The third-order valence-corrected chi connectivity index (χ3v) is 3.89. The molecule has 0 saturated carbocycles. The zero-order valence-corrected chi connectivity index (χ0v) is 12.1. The average molecular weight is 298 g/mol. The molecule has 1 heterocycles. The minimum atomic E-state index is -3.32. The summed E-state index contributed by atoms with van der Waals surface area (Å²) in [6.45, 7) is 0.618. The van der Waals surface area contributed by atoms with Crippen LogP contribution in [0.25, 0.3) is 0 Å². The Bertz CT molecular complexity index is 583. The SMILES string of the molecule is CS(=O)(=O)Nc1ccc(C(=O)N2CCC[C@@H]2CO)cc1. The molecule has 110 valence electrons. The van der Waals surface area contributed by atoms with E-state index in [0.717, 1.165) is 19.1 Å². The van der Waals surface area contributed by atoms with Crippen LogP contribution in [0, 0.1) is 0 Å². The molecule has 1 aliphatic rings. The number of hydrogen-bond acceptors (Lipinski definition) is 4. The van der Waals surface area contributed by atoms with Crippen LogP contribution in [0.4, 0.5) is 5.69 Å². The number of hydrogen-bond donors (Lipinski definition) is 2. The molecule has 0 aromatic heterocycles. The number of sulfonamides is 1. The van der Waals surface area contributed by atoms with Crippen molar-refractivity contribution in [2.75, 3.05) is 24.1 Å². The summed E-state index contributed by atoms with van der Waals surface area (Å²) in [6.07, 6.45) is 2.78. The van der Waals surface area contributed by atoms with Crippen LogP contribution in [0.1, 0.15) is 23.2 Å². The van der Waals surface area contributed by atoms with E-state index in [0.29, 0.717) is 17.8 Å². The van der Waals surface area contributed by atoms with Crippen molar-refractivity contribution >= 4 is 21.6 Å². The standard InChI is InChI=1S/C13H18N2O4S/c1-20(18,19)14-11-6-4-10(5-7-11)13(17)15-8-2-3-12(15)9-16/h4-7,12,14,16H,2-3,8-9H2,1H3/t12-/m1/s1. The molecule has 2 rings (SSSR count). The first-order valence-electron chi connectivity index (χ1n) is 6.40.